The van der Waals surface area contributed by atoms with Gasteiger partial charge in [-0.25, -0.2) is 0 Å². The first-order chi connectivity index (χ1) is 11.2. The van der Waals surface area contributed by atoms with E-state index >= 15 is 0 Å². The van der Waals surface area contributed by atoms with E-state index in [1.807, 2.05) is 42.5 Å². The van der Waals surface area contributed by atoms with Crippen molar-refractivity contribution in [2.45, 2.75) is 6.54 Å². The number of amides is 1. The molecule has 3 rings (SSSR count). The highest BCUT2D eigenvalue weighted by Gasteiger charge is 2.04. The standard InChI is InChI=1S/C18H16N2O3/c21-17-8-5-13(10-19-17)11-20-18(22)12-23-16-7-6-14-3-1-2-4-15(14)9-16/h1-10H,11-12H2,(H,19,21)(H,20,22). The molecule has 2 N–H and O–H groups in total. The van der Waals surface area contributed by atoms with Crippen LogP contribution >= 0.6 is 0 Å². The van der Waals surface area contributed by atoms with E-state index in [0.717, 1.165) is 16.3 Å². The van der Waals surface area contributed by atoms with E-state index in [4.69, 9.17) is 4.74 Å². The number of rotatable bonds is 5. The Hall–Kier alpha value is -3.08. The van der Waals surface area contributed by atoms with E-state index in [1.54, 1.807) is 12.3 Å². The highest BCUT2D eigenvalue weighted by atomic mass is 16.5. The smallest absolute Gasteiger partial charge is 0.258 e. The molecule has 0 aliphatic carbocycles. The number of fused-ring (bicyclic) bond motifs is 1. The van der Waals surface area contributed by atoms with Gasteiger partial charge in [-0.05, 0) is 28.5 Å². The maximum absolute atomic E-state index is 11.8. The second-order valence-corrected chi connectivity index (χ2v) is 5.14. The van der Waals surface area contributed by atoms with Crippen LogP contribution in [-0.2, 0) is 11.3 Å². The highest BCUT2D eigenvalue weighted by molar-refractivity contribution is 5.84. The van der Waals surface area contributed by atoms with Crippen LogP contribution in [0.15, 0.2) is 65.6 Å². The number of ether oxygens (including phenoxy) is 1. The van der Waals surface area contributed by atoms with Crippen LogP contribution in [0.5, 0.6) is 5.75 Å². The summed E-state index contributed by atoms with van der Waals surface area (Å²) in [5, 5.41) is 4.94. The number of pyridine rings is 1. The van der Waals surface area contributed by atoms with E-state index in [1.165, 1.54) is 6.07 Å². The fourth-order valence-electron chi connectivity index (χ4n) is 2.21. The van der Waals surface area contributed by atoms with Gasteiger partial charge in [-0.3, -0.25) is 9.59 Å². The highest BCUT2D eigenvalue weighted by Crippen LogP contribution is 2.20. The molecule has 116 valence electrons. The number of aromatic amines is 1. The normalized spacial score (nSPS) is 10.4. The SMILES string of the molecule is O=C(COc1ccc2ccccc2c1)NCc1ccc(=O)[nH]c1. The van der Waals surface area contributed by atoms with Crippen LogP contribution in [0.1, 0.15) is 5.56 Å². The van der Waals surface area contributed by atoms with Crippen molar-refractivity contribution in [2.75, 3.05) is 6.61 Å². The third-order valence-corrected chi connectivity index (χ3v) is 3.43. The first-order valence-corrected chi connectivity index (χ1v) is 7.27. The van der Waals surface area contributed by atoms with Crippen LogP contribution in [-0.4, -0.2) is 17.5 Å². The predicted molar refractivity (Wildman–Crippen MR) is 88.4 cm³/mol. The molecule has 0 bridgehead atoms. The fraction of sp³-hybridized carbons (Fsp3) is 0.111. The summed E-state index contributed by atoms with van der Waals surface area (Å²) in [6.45, 7) is 0.290. The van der Waals surface area contributed by atoms with Gasteiger partial charge in [0.05, 0.1) is 0 Å². The molecule has 0 radical (unpaired) electrons. The van der Waals surface area contributed by atoms with Crippen molar-refractivity contribution in [3.05, 3.63) is 76.7 Å². The van der Waals surface area contributed by atoms with Crippen molar-refractivity contribution in [3.63, 3.8) is 0 Å². The van der Waals surface area contributed by atoms with E-state index in [2.05, 4.69) is 10.3 Å². The van der Waals surface area contributed by atoms with E-state index in [9.17, 15) is 9.59 Å². The number of hydrogen-bond donors (Lipinski definition) is 2. The molecule has 1 heterocycles. The summed E-state index contributed by atoms with van der Waals surface area (Å²) in [7, 11) is 0. The molecule has 0 saturated carbocycles. The third-order valence-electron chi connectivity index (χ3n) is 3.43. The molecule has 0 unspecified atom stereocenters. The molecule has 0 aliphatic heterocycles. The molecule has 0 spiro atoms. The summed E-state index contributed by atoms with van der Waals surface area (Å²) in [5.74, 6) is 0.437. The van der Waals surface area contributed by atoms with Gasteiger partial charge in [-0.2, -0.15) is 0 Å². The molecule has 1 amide bonds. The maximum atomic E-state index is 11.8. The molecule has 0 aliphatic rings. The van der Waals surface area contributed by atoms with Gasteiger partial charge in [0, 0.05) is 18.8 Å². The topological polar surface area (TPSA) is 71.2 Å². The minimum atomic E-state index is -0.218. The van der Waals surface area contributed by atoms with Crippen LogP contribution in [0.2, 0.25) is 0 Å². The van der Waals surface area contributed by atoms with Gasteiger partial charge in [0.1, 0.15) is 5.75 Å². The Bertz CT molecular complexity index is 866. The van der Waals surface area contributed by atoms with Gasteiger partial charge in [0.25, 0.3) is 5.91 Å². The molecule has 1 aromatic heterocycles. The molecule has 23 heavy (non-hydrogen) atoms. The lowest BCUT2D eigenvalue weighted by molar-refractivity contribution is -0.123. The zero-order valence-electron chi connectivity index (χ0n) is 12.4. The van der Waals surface area contributed by atoms with Crippen LogP contribution in [0, 0.1) is 0 Å². The molecule has 0 fully saturated rings. The van der Waals surface area contributed by atoms with Gasteiger partial charge < -0.3 is 15.0 Å². The van der Waals surface area contributed by atoms with Crippen LogP contribution in [0.3, 0.4) is 0 Å². The summed E-state index contributed by atoms with van der Waals surface area (Å²) in [5.41, 5.74) is 0.656. The Morgan fingerprint density at radius 3 is 2.65 bits per heavy atom. The van der Waals surface area contributed by atoms with Crippen molar-refractivity contribution in [3.8, 4) is 5.75 Å². The van der Waals surface area contributed by atoms with Crippen molar-refractivity contribution in [2.24, 2.45) is 0 Å². The van der Waals surface area contributed by atoms with Crippen molar-refractivity contribution in [1.82, 2.24) is 10.3 Å². The zero-order valence-corrected chi connectivity index (χ0v) is 12.4. The number of H-pyrrole nitrogens is 1. The van der Waals surface area contributed by atoms with Crippen molar-refractivity contribution >= 4 is 16.7 Å². The van der Waals surface area contributed by atoms with Crippen LogP contribution in [0.4, 0.5) is 0 Å². The van der Waals surface area contributed by atoms with Gasteiger partial charge in [-0.15, -0.1) is 0 Å². The molecule has 0 atom stereocenters. The lowest BCUT2D eigenvalue weighted by Crippen LogP contribution is -2.28. The quantitative estimate of drug-likeness (QED) is 0.759. The minimum absolute atomic E-state index is 0.0539. The van der Waals surface area contributed by atoms with Crippen LogP contribution < -0.4 is 15.6 Å². The van der Waals surface area contributed by atoms with Gasteiger partial charge in [-0.1, -0.05) is 36.4 Å². The molecular weight excluding hydrogens is 292 g/mol. The van der Waals surface area contributed by atoms with Gasteiger partial charge in [0.2, 0.25) is 5.56 Å². The average Bonchev–Trinajstić information content (AvgIpc) is 2.59. The number of benzene rings is 2. The molecule has 2 aromatic carbocycles. The Kier molecular flexibility index (Phi) is 4.38. The fourth-order valence-corrected chi connectivity index (χ4v) is 2.21. The Labute approximate surface area is 132 Å². The number of hydrogen-bond acceptors (Lipinski definition) is 3. The summed E-state index contributed by atoms with van der Waals surface area (Å²) in [4.78, 5) is 25.3. The Morgan fingerprint density at radius 1 is 1.04 bits per heavy atom. The average molecular weight is 308 g/mol. The summed E-state index contributed by atoms with van der Waals surface area (Å²) in [6, 6.07) is 16.8. The monoisotopic (exact) mass is 308 g/mol. The molecule has 5 nitrogen and oxygen atoms in total. The van der Waals surface area contributed by atoms with Gasteiger partial charge >= 0.3 is 0 Å². The molecule has 0 saturated heterocycles. The Morgan fingerprint density at radius 2 is 1.87 bits per heavy atom. The number of carbonyl (C=O) groups excluding carboxylic acids is 1. The second-order valence-electron chi connectivity index (χ2n) is 5.14. The maximum Gasteiger partial charge on any atom is 0.258 e. The Balaban J connectivity index is 1.53. The predicted octanol–water partition coefficient (Wildman–Crippen LogP) is 2.22. The summed E-state index contributed by atoms with van der Waals surface area (Å²) < 4.78 is 5.51. The number of carbonyl (C=O) groups is 1. The summed E-state index contributed by atoms with van der Waals surface area (Å²) >= 11 is 0. The van der Waals surface area contributed by atoms with E-state index < -0.39 is 0 Å². The third kappa shape index (κ3) is 3.97. The lowest BCUT2D eigenvalue weighted by Gasteiger charge is -2.08. The van der Waals surface area contributed by atoms with Crippen molar-refractivity contribution < 1.29 is 9.53 Å². The van der Waals surface area contributed by atoms with E-state index in [0.29, 0.717) is 12.3 Å². The summed E-state index contributed by atoms with van der Waals surface area (Å²) in [6.07, 6.45) is 1.58. The zero-order chi connectivity index (χ0) is 16.1. The van der Waals surface area contributed by atoms with Crippen LogP contribution in [0.25, 0.3) is 10.8 Å². The van der Waals surface area contributed by atoms with Crippen molar-refractivity contribution in [1.29, 1.82) is 0 Å². The largest absolute Gasteiger partial charge is 0.484 e. The second kappa shape index (κ2) is 6.79. The number of nitrogens with one attached hydrogen (secondary N) is 2. The minimum Gasteiger partial charge on any atom is -0.484 e. The first kappa shape index (κ1) is 14.8. The van der Waals surface area contributed by atoms with Gasteiger partial charge in [0.15, 0.2) is 6.61 Å². The molecule has 3 aromatic rings. The molecular formula is C18H16N2O3. The van der Waals surface area contributed by atoms with E-state index in [-0.39, 0.29) is 18.1 Å². The lowest BCUT2D eigenvalue weighted by atomic mass is 10.1. The number of aromatic nitrogens is 1. The first-order valence-electron chi connectivity index (χ1n) is 7.27. The molecule has 5 heteroatoms.